The topological polar surface area (TPSA) is 47.1 Å². The van der Waals surface area contributed by atoms with E-state index in [0.29, 0.717) is 12.6 Å². The Kier molecular flexibility index (Phi) is 5.82. The SMILES string of the molecule is CC(C)CCN(C)C(CN)c1cnn(C(C)C)c1. The van der Waals surface area contributed by atoms with Gasteiger partial charge in [0.05, 0.1) is 6.20 Å². The molecule has 0 spiro atoms. The molecule has 1 atom stereocenters. The minimum absolute atomic E-state index is 0.274. The molecule has 18 heavy (non-hydrogen) atoms. The van der Waals surface area contributed by atoms with E-state index in [9.17, 15) is 0 Å². The number of hydrogen-bond donors (Lipinski definition) is 1. The fraction of sp³-hybridized carbons (Fsp3) is 0.786. The van der Waals surface area contributed by atoms with Gasteiger partial charge in [0.25, 0.3) is 0 Å². The Bertz CT molecular complexity index is 343. The Labute approximate surface area is 111 Å². The molecule has 4 heteroatoms. The highest BCUT2D eigenvalue weighted by Crippen LogP contribution is 2.19. The average molecular weight is 252 g/mol. The lowest BCUT2D eigenvalue weighted by Gasteiger charge is -2.26. The second-order valence-electron chi connectivity index (χ2n) is 5.76. The van der Waals surface area contributed by atoms with Crippen molar-refractivity contribution in [2.75, 3.05) is 20.1 Å². The Hall–Kier alpha value is -0.870. The van der Waals surface area contributed by atoms with Gasteiger partial charge in [0.15, 0.2) is 0 Å². The first-order valence-corrected chi connectivity index (χ1v) is 6.90. The molecule has 0 saturated carbocycles. The van der Waals surface area contributed by atoms with Crippen LogP contribution in [0.5, 0.6) is 0 Å². The number of aromatic nitrogens is 2. The van der Waals surface area contributed by atoms with E-state index in [1.54, 1.807) is 0 Å². The van der Waals surface area contributed by atoms with E-state index in [4.69, 9.17) is 5.73 Å². The van der Waals surface area contributed by atoms with Gasteiger partial charge < -0.3 is 5.73 Å². The molecule has 1 rings (SSSR count). The lowest BCUT2D eigenvalue weighted by Crippen LogP contribution is -2.31. The predicted molar refractivity (Wildman–Crippen MR) is 76.5 cm³/mol. The summed E-state index contributed by atoms with van der Waals surface area (Å²) in [5.74, 6) is 0.726. The highest BCUT2D eigenvalue weighted by atomic mass is 15.3. The Morgan fingerprint density at radius 3 is 2.44 bits per heavy atom. The smallest absolute Gasteiger partial charge is 0.0538 e. The van der Waals surface area contributed by atoms with Gasteiger partial charge >= 0.3 is 0 Å². The first-order chi connectivity index (χ1) is 8.45. The van der Waals surface area contributed by atoms with Crippen LogP contribution in [-0.4, -0.2) is 34.8 Å². The van der Waals surface area contributed by atoms with Gasteiger partial charge in [0.2, 0.25) is 0 Å². The standard InChI is InChI=1S/C14H28N4/c1-11(2)6-7-17(5)14(8-15)13-9-16-18(10-13)12(3)4/h9-12,14H,6-8,15H2,1-5H3. The summed E-state index contributed by atoms with van der Waals surface area (Å²) in [4.78, 5) is 2.34. The summed E-state index contributed by atoms with van der Waals surface area (Å²) >= 11 is 0. The van der Waals surface area contributed by atoms with Gasteiger partial charge in [0, 0.05) is 30.4 Å². The first-order valence-electron chi connectivity index (χ1n) is 6.90. The van der Waals surface area contributed by atoms with Crippen LogP contribution in [0.15, 0.2) is 12.4 Å². The fourth-order valence-corrected chi connectivity index (χ4v) is 2.00. The first kappa shape index (κ1) is 15.2. The van der Waals surface area contributed by atoms with E-state index in [-0.39, 0.29) is 6.04 Å². The van der Waals surface area contributed by atoms with Crippen LogP contribution >= 0.6 is 0 Å². The van der Waals surface area contributed by atoms with Gasteiger partial charge in [-0.1, -0.05) is 13.8 Å². The van der Waals surface area contributed by atoms with Crippen molar-refractivity contribution in [2.24, 2.45) is 11.7 Å². The third kappa shape index (κ3) is 4.10. The Morgan fingerprint density at radius 1 is 1.33 bits per heavy atom. The van der Waals surface area contributed by atoms with Crippen LogP contribution in [0.2, 0.25) is 0 Å². The van der Waals surface area contributed by atoms with E-state index >= 15 is 0 Å². The van der Waals surface area contributed by atoms with Crippen LogP contribution in [-0.2, 0) is 0 Å². The van der Waals surface area contributed by atoms with Gasteiger partial charge in [-0.05, 0) is 39.8 Å². The minimum Gasteiger partial charge on any atom is -0.329 e. The molecule has 1 heterocycles. The Morgan fingerprint density at radius 2 is 2.00 bits per heavy atom. The average Bonchev–Trinajstić information content (AvgIpc) is 2.77. The summed E-state index contributed by atoms with van der Waals surface area (Å²) in [5, 5.41) is 4.40. The van der Waals surface area contributed by atoms with Gasteiger partial charge in [0.1, 0.15) is 0 Å². The number of nitrogens with two attached hydrogens (primary N) is 1. The van der Waals surface area contributed by atoms with Crippen molar-refractivity contribution in [2.45, 2.75) is 46.2 Å². The van der Waals surface area contributed by atoms with Crippen molar-refractivity contribution < 1.29 is 0 Å². The molecule has 0 amide bonds. The maximum atomic E-state index is 5.92. The molecule has 0 radical (unpaired) electrons. The van der Waals surface area contributed by atoms with Crippen molar-refractivity contribution in [1.29, 1.82) is 0 Å². The quantitative estimate of drug-likeness (QED) is 0.811. The van der Waals surface area contributed by atoms with Gasteiger partial charge in [-0.2, -0.15) is 5.10 Å². The summed E-state index contributed by atoms with van der Waals surface area (Å²) in [6.07, 6.45) is 5.27. The predicted octanol–water partition coefficient (Wildman–Crippen LogP) is 2.44. The Balaban J connectivity index is 2.69. The van der Waals surface area contributed by atoms with Crippen LogP contribution in [0.25, 0.3) is 0 Å². The summed E-state index contributed by atoms with van der Waals surface area (Å²) < 4.78 is 1.99. The number of likely N-dealkylation sites (N-methyl/N-ethyl adjacent to an activating group) is 1. The van der Waals surface area contributed by atoms with Crippen LogP contribution in [0.3, 0.4) is 0 Å². The van der Waals surface area contributed by atoms with E-state index in [2.05, 4.69) is 50.9 Å². The van der Waals surface area contributed by atoms with E-state index in [1.807, 2.05) is 10.9 Å². The molecule has 1 unspecified atom stereocenters. The van der Waals surface area contributed by atoms with Crippen molar-refractivity contribution in [3.8, 4) is 0 Å². The molecule has 1 aromatic rings. The summed E-state index contributed by atoms with van der Waals surface area (Å²) in [5.41, 5.74) is 7.14. The van der Waals surface area contributed by atoms with Gasteiger partial charge in [-0.3, -0.25) is 9.58 Å². The summed E-state index contributed by atoms with van der Waals surface area (Å²) in [6, 6.07) is 0.675. The molecule has 0 aliphatic carbocycles. The molecule has 0 aromatic carbocycles. The van der Waals surface area contributed by atoms with Crippen LogP contribution < -0.4 is 5.73 Å². The highest BCUT2D eigenvalue weighted by Gasteiger charge is 2.17. The normalized spacial score (nSPS) is 13.8. The van der Waals surface area contributed by atoms with E-state index in [0.717, 1.165) is 12.5 Å². The molecule has 0 aliphatic heterocycles. The maximum absolute atomic E-state index is 5.92. The zero-order chi connectivity index (χ0) is 13.7. The largest absolute Gasteiger partial charge is 0.329 e. The number of rotatable bonds is 7. The van der Waals surface area contributed by atoms with Gasteiger partial charge in [-0.15, -0.1) is 0 Å². The van der Waals surface area contributed by atoms with Crippen LogP contribution in [0.4, 0.5) is 0 Å². The molecule has 1 aromatic heterocycles. The highest BCUT2D eigenvalue weighted by molar-refractivity contribution is 5.11. The molecule has 4 nitrogen and oxygen atoms in total. The van der Waals surface area contributed by atoms with Crippen molar-refractivity contribution in [3.05, 3.63) is 18.0 Å². The van der Waals surface area contributed by atoms with E-state index in [1.165, 1.54) is 12.0 Å². The number of hydrogen-bond acceptors (Lipinski definition) is 3. The molecular formula is C14H28N4. The molecule has 0 bridgehead atoms. The zero-order valence-electron chi connectivity index (χ0n) is 12.4. The van der Waals surface area contributed by atoms with Crippen LogP contribution in [0, 0.1) is 5.92 Å². The van der Waals surface area contributed by atoms with Crippen molar-refractivity contribution in [3.63, 3.8) is 0 Å². The molecule has 0 fully saturated rings. The van der Waals surface area contributed by atoms with E-state index < -0.39 is 0 Å². The van der Waals surface area contributed by atoms with Crippen molar-refractivity contribution >= 4 is 0 Å². The second kappa shape index (κ2) is 6.90. The second-order valence-corrected chi connectivity index (χ2v) is 5.76. The fourth-order valence-electron chi connectivity index (χ4n) is 2.00. The maximum Gasteiger partial charge on any atom is 0.0538 e. The number of nitrogens with zero attached hydrogens (tertiary/aromatic N) is 3. The zero-order valence-corrected chi connectivity index (χ0v) is 12.4. The third-order valence-electron chi connectivity index (χ3n) is 3.35. The molecule has 0 aliphatic rings. The summed E-state index contributed by atoms with van der Waals surface area (Å²) in [6.45, 7) is 10.5. The molecule has 0 saturated heterocycles. The monoisotopic (exact) mass is 252 g/mol. The van der Waals surface area contributed by atoms with Crippen LogP contribution in [0.1, 0.15) is 51.8 Å². The third-order valence-corrected chi connectivity index (χ3v) is 3.35. The molecule has 104 valence electrons. The molecule has 2 N–H and O–H groups in total. The lowest BCUT2D eigenvalue weighted by molar-refractivity contribution is 0.236. The summed E-state index contributed by atoms with van der Waals surface area (Å²) in [7, 11) is 2.15. The lowest BCUT2D eigenvalue weighted by atomic mass is 10.1. The molecular weight excluding hydrogens is 224 g/mol. The van der Waals surface area contributed by atoms with Crippen molar-refractivity contribution in [1.82, 2.24) is 14.7 Å². The van der Waals surface area contributed by atoms with Gasteiger partial charge in [-0.25, -0.2) is 0 Å². The minimum atomic E-state index is 0.274.